The van der Waals surface area contributed by atoms with E-state index in [4.69, 9.17) is 9.47 Å². The molecule has 1 atom stereocenters. The summed E-state index contributed by atoms with van der Waals surface area (Å²) in [5.41, 5.74) is 0. The van der Waals surface area contributed by atoms with Gasteiger partial charge in [0, 0.05) is 7.11 Å². The molecule has 0 amide bonds. The van der Waals surface area contributed by atoms with Gasteiger partial charge in [-0.25, -0.2) is 0 Å². The molecule has 7 nitrogen and oxygen atoms in total. The molecule has 0 saturated heterocycles. The Balaban J connectivity index is 2.27. The lowest BCUT2D eigenvalue weighted by Crippen LogP contribution is -2.13. The average Bonchev–Trinajstić information content (AvgIpc) is 2.91. The summed E-state index contributed by atoms with van der Waals surface area (Å²) in [5.74, 6) is -0.0612. The fraction of sp³-hybridized carbons (Fsp3) is 0.600. The summed E-state index contributed by atoms with van der Waals surface area (Å²) in [6.45, 7) is 4.24. The number of rotatable bonds is 5. The Morgan fingerprint density at radius 3 is 2.94 bits per heavy atom. The van der Waals surface area contributed by atoms with E-state index >= 15 is 0 Å². The Kier molecular flexibility index (Phi) is 3.87. The van der Waals surface area contributed by atoms with Gasteiger partial charge in [-0.2, -0.15) is 9.61 Å². The van der Waals surface area contributed by atoms with Crippen LogP contribution >= 0.6 is 11.3 Å². The van der Waals surface area contributed by atoms with E-state index in [1.807, 2.05) is 0 Å². The molecule has 0 aliphatic heterocycles. The van der Waals surface area contributed by atoms with Crippen LogP contribution in [-0.4, -0.2) is 39.5 Å². The van der Waals surface area contributed by atoms with Gasteiger partial charge in [0.05, 0.1) is 6.61 Å². The van der Waals surface area contributed by atoms with E-state index in [9.17, 15) is 4.79 Å². The van der Waals surface area contributed by atoms with Gasteiger partial charge in [0.2, 0.25) is 4.96 Å². The Morgan fingerprint density at radius 1 is 1.50 bits per heavy atom. The molecule has 8 heteroatoms. The van der Waals surface area contributed by atoms with E-state index in [1.165, 1.54) is 11.3 Å². The van der Waals surface area contributed by atoms with E-state index in [0.29, 0.717) is 29.0 Å². The minimum absolute atomic E-state index is 0.282. The van der Waals surface area contributed by atoms with Crippen LogP contribution in [0, 0.1) is 0 Å². The third-order valence-corrected chi connectivity index (χ3v) is 3.44. The summed E-state index contributed by atoms with van der Waals surface area (Å²) >= 11 is 1.33. The number of carbonyl (C=O) groups excluding carboxylic acids is 1. The molecule has 0 bridgehead atoms. The maximum absolute atomic E-state index is 11.6. The molecule has 18 heavy (non-hydrogen) atoms. The third kappa shape index (κ3) is 2.34. The van der Waals surface area contributed by atoms with Gasteiger partial charge in [0.25, 0.3) is 0 Å². The first kappa shape index (κ1) is 12.9. The minimum Gasteiger partial charge on any atom is -0.465 e. The predicted molar refractivity (Wildman–Crippen MR) is 64.4 cm³/mol. The number of ether oxygens (including phenoxy) is 2. The number of esters is 1. The first-order chi connectivity index (χ1) is 8.67. The molecule has 0 aliphatic rings. The first-order valence-electron chi connectivity index (χ1n) is 5.54. The highest BCUT2D eigenvalue weighted by atomic mass is 32.1. The lowest BCUT2D eigenvalue weighted by atomic mass is 10.2. The number of aromatic nitrogens is 4. The van der Waals surface area contributed by atoms with Gasteiger partial charge in [-0.3, -0.25) is 4.79 Å². The minimum atomic E-state index is -0.396. The quantitative estimate of drug-likeness (QED) is 0.754. The van der Waals surface area contributed by atoms with Crippen molar-refractivity contribution >= 4 is 22.3 Å². The van der Waals surface area contributed by atoms with Crippen LogP contribution in [0.4, 0.5) is 0 Å². The van der Waals surface area contributed by atoms with Crippen LogP contribution < -0.4 is 0 Å². The van der Waals surface area contributed by atoms with Crippen LogP contribution in [-0.2, 0) is 20.9 Å². The van der Waals surface area contributed by atoms with Crippen LogP contribution in [0.3, 0.4) is 0 Å². The number of nitrogens with zero attached hydrogens (tertiary/aromatic N) is 4. The second-order valence-corrected chi connectivity index (χ2v) is 4.65. The van der Waals surface area contributed by atoms with Crippen LogP contribution in [0.1, 0.15) is 30.6 Å². The molecule has 0 spiro atoms. The Hall–Kier alpha value is -1.54. The Morgan fingerprint density at radius 2 is 2.28 bits per heavy atom. The van der Waals surface area contributed by atoms with Gasteiger partial charge in [0.15, 0.2) is 5.82 Å². The summed E-state index contributed by atoms with van der Waals surface area (Å²) in [4.78, 5) is 12.3. The van der Waals surface area contributed by atoms with Crippen molar-refractivity contribution in [2.45, 2.75) is 26.4 Å². The van der Waals surface area contributed by atoms with Gasteiger partial charge < -0.3 is 9.47 Å². The van der Waals surface area contributed by atoms with Crippen LogP contribution in [0.15, 0.2) is 0 Å². The standard InChI is InChI=1S/C10H14N4O3S/c1-4-17-9(15)6(2)8-13-14-7(5-16-3)11-12-10(14)18-8/h6H,4-5H2,1-3H3. The van der Waals surface area contributed by atoms with Crippen molar-refractivity contribution in [2.75, 3.05) is 13.7 Å². The Labute approximate surface area is 108 Å². The lowest BCUT2D eigenvalue weighted by Gasteiger charge is -2.05. The average molecular weight is 270 g/mol. The second-order valence-electron chi connectivity index (χ2n) is 3.66. The summed E-state index contributed by atoms with van der Waals surface area (Å²) in [5, 5.41) is 12.9. The molecule has 0 N–H and O–H groups in total. The Bertz CT molecular complexity index is 550. The van der Waals surface area contributed by atoms with E-state index in [-0.39, 0.29) is 5.97 Å². The summed E-state index contributed by atoms with van der Waals surface area (Å²) in [7, 11) is 1.58. The summed E-state index contributed by atoms with van der Waals surface area (Å²) in [6, 6.07) is 0. The molecule has 2 heterocycles. The molecular formula is C10H14N4O3S. The van der Waals surface area contributed by atoms with Gasteiger partial charge in [-0.15, -0.1) is 10.2 Å². The van der Waals surface area contributed by atoms with Crippen molar-refractivity contribution in [3.8, 4) is 0 Å². The van der Waals surface area contributed by atoms with Gasteiger partial charge in [0.1, 0.15) is 17.5 Å². The number of fused-ring (bicyclic) bond motifs is 1. The number of carbonyl (C=O) groups is 1. The summed E-state index contributed by atoms with van der Waals surface area (Å²) < 4.78 is 11.6. The lowest BCUT2D eigenvalue weighted by molar-refractivity contribution is -0.144. The van der Waals surface area contributed by atoms with Crippen LogP contribution in [0.2, 0.25) is 0 Å². The number of hydrogen-bond acceptors (Lipinski definition) is 7. The zero-order valence-corrected chi connectivity index (χ0v) is 11.2. The van der Waals surface area contributed by atoms with Crippen molar-refractivity contribution in [1.29, 1.82) is 0 Å². The maximum Gasteiger partial charge on any atom is 0.315 e. The summed E-state index contributed by atoms with van der Waals surface area (Å²) in [6.07, 6.45) is 0. The molecule has 2 rings (SSSR count). The molecular weight excluding hydrogens is 256 g/mol. The van der Waals surface area contributed by atoms with Gasteiger partial charge in [-0.05, 0) is 13.8 Å². The van der Waals surface area contributed by atoms with Crippen molar-refractivity contribution in [1.82, 2.24) is 19.8 Å². The highest BCUT2D eigenvalue weighted by Gasteiger charge is 2.22. The number of hydrogen-bond donors (Lipinski definition) is 0. The normalized spacial score (nSPS) is 12.8. The molecule has 1 unspecified atom stereocenters. The molecule has 0 aliphatic carbocycles. The highest BCUT2D eigenvalue weighted by molar-refractivity contribution is 7.16. The van der Waals surface area contributed by atoms with E-state index in [2.05, 4.69) is 15.3 Å². The van der Waals surface area contributed by atoms with Crippen LogP contribution in [0.5, 0.6) is 0 Å². The smallest absolute Gasteiger partial charge is 0.315 e. The second kappa shape index (κ2) is 5.40. The van der Waals surface area contributed by atoms with E-state index in [1.54, 1.807) is 25.5 Å². The monoisotopic (exact) mass is 270 g/mol. The molecule has 0 radical (unpaired) electrons. The van der Waals surface area contributed by atoms with Gasteiger partial charge >= 0.3 is 5.97 Å². The molecule has 0 saturated carbocycles. The molecule has 0 aromatic carbocycles. The molecule has 2 aromatic rings. The van der Waals surface area contributed by atoms with Crippen molar-refractivity contribution in [3.63, 3.8) is 0 Å². The topological polar surface area (TPSA) is 78.6 Å². The van der Waals surface area contributed by atoms with Crippen molar-refractivity contribution in [2.24, 2.45) is 0 Å². The first-order valence-corrected chi connectivity index (χ1v) is 6.35. The predicted octanol–water partition coefficient (Wildman–Crippen LogP) is 0.999. The van der Waals surface area contributed by atoms with E-state index < -0.39 is 5.92 Å². The number of methoxy groups -OCH3 is 1. The SMILES string of the molecule is CCOC(=O)C(C)c1nn2c(COC)nnc2s1. The molecule has 98 valence electrons. The zero-order chi connectivity index (χ0) is 13.1. The fourth-order valence-electron chi connectivity index (χ4n) is 1.43. The van der Waals surface area contributed by atoms with E-state index in [0.717, 1.165) is 0 Å². The van der Waals surface area contributed by atoms with Crippen molar-refractivity contribution < 1.29 is 14.3 Å². The molecule has 2 aromatic heterocycles. The maximum atomic E-state index is 11.6. The van der Waals surface area contributed by atoms with Crippen LogP contribution in [0.25, 0.3) is 4.96 Å². The van der Waals surface area contributed by atoms with Gasteiger partial charge in [-0.1, -0.05) is 11.3 Å². The molecule has 0 fully saturated rings. The largest absolute Gasteiger partial charge is 0.465 e. The zero-order valence-electron chi connectivity index (χ0n) is 10.4. The van der Waals surface area contributed by atoms with Crippen molar-refractivity contribution in [3.05, 3.63) is 10.8 Å². The fourth-order valence-corrected chi connectivity index (χ4v) is 2.33. The highest BCUT2D eigenvalue weighted by Crippen LogP contribution is 2.23. The third-order valence-electron chi connectivity index (χ3n) is 2.36.